The second-order valence-corrected chi connectivity index (χ2v) is 5.48. The highest BCUT2D eigenvalue weighted by atomic mass is 79.9. The third kappa shape index (κ3) is 2.16. The average molecular weight is 275 g/mol. The summed E-state index contributed by atoms with van der Waals surface area (Å²) in [5, 5.41) is 4.84. The van der Waals surface area contributed by atoms with Gasteiger partial charge in [0.05, 0.1) is 12.1 Å². The molecule has 3 N–H and O–H groups in total. The lowest BCUT2D eigenvalue weighted by Crippen LogP contribution is -2.42. The first kappa shape index (κ1) is 10.1. The van der Waals surface area contributed by atoms with Gasteiger partial charge in [0.1, 0.15) is 0 Å². The molecular formula is C9H11BrN2OS. The fourth-order valence-corrected chi connectivity index (χ4v) is 2.54. The van der Waals surface area contributed by atoms with Crippen molar-refractivity contribution in [2.75, 3.05) is 0 Å². The topological polar surface area (TPSA) is 55.1 Å². The van der Waals surface area contributed by atoms with Gasteiger partial charge in [-0.05, 0) is 34.8 Å². The van der Waals surface area contributed by atoms with E-state index >= 15 is 0 Å². The van der Waals surface area contributed by atoms with E-state index in [2.05, 4.69) is 21.2 Å². The molecule has 14 heavy (non-hydrogen) atoms. The lowest BCUT2D eigenvalue weighted by molar-refractivity contribution is -0.123. The number of carbonyl (C=O) groups is 1. The van der Waals surface area contributed by atoms with Gasteiger partial charge in [0, 0.05) is 14.7 Å². The highest BCUT2D eigenvalue weighted by Crippen LogP contribution is 2.32. The molecule has 1 fully saturated rings. The standard InChI is InChI=1S/C9H11BrN2OS/c10-6-3-7(14-5-6)4-12-8(13)9(11)1-2-9/h3,5H,1-2,4,11H2,(H,12,13). The van der Waals surface area contributed by atoms with E-state index in [9.17, 15) is 4.79 Å². The van der Waals surface area contributed by atoms with E-state index in [0.29, 0.717) is 6.54 Å². The number of hydrogen-bond acceptors (Lipinski definition) is 3. The first-order valence-electron chi connectivity index (χ1n) is 4.40. The van der Waals surface area contributed by atoms with Crippen molar-refractivity contribution in [1.29, 1.82) is 0 Å². The molecule has 0 aliphatic heterocycles. The van der Waals surface area contributed by atoms with Gasteiger partial charge in [0.25, 0.3) is 0 Å². The van der Waals surface area contributed by atoms with Crippen LogP contribution < -0.4 is 11.1 Å². The Hall–Kier alpha value is -0.390. The number of halogens is 1. The number of thiophene rings is 1. The molecule has 0 aromatic carbocycles. The van der Waals surface area contributed by atoms with E-state index in [4.69, 9.17) is 5.73 Å². The second kappa shape index (κ2) is 3.64. The van der Waals surface area contributed by atoms with Crippen molar-refractivity contribution in [3.63, 3.8) is 0 Å². The van der Waals surface area contributed by atoms with Crippen molar-refractivity contribution in [1.82, 2.24) is 5.32 Å². The molecule has 1 amide bonds. The van der Waals surface area contributed by atoms with Crippen molar-refractivity contribution >= 4 is 33.2 Å². The summed E-state index contributed by atoms with van der Waals surface area (Å²) in [7, 11) is 0. The van der Waals surface area contributed by atoms with E-state index in [1.807, 2.05) is 11.4 Å². The molecule has 1 aromatic heterocycles. The van der Waals surface area contributed by atoms with Crippen LogP contribution in [-0.2, 0) is 11.3 Å². The van der Waals surface area contributed by atoms with E-state index < -0.39 is 5.54 Å². The van der Waals surface area contributed by atoms with Crippen LogP contribution in [0.15, 0.2) is 15.9 Å². The fraction of sp³-hybridized carbons (Fsp3) is 0.444. The third-order valence-corrected chi connectivity index (χ3v) is 3.98. The van der Waals surface area contributed by atoms with Gasteiger partial charge in [-0.3, -0.25) is 4.79 Å². The summed E-state index contributed by atoms with van der Waals surface area (Å²) < 4.78 is 1.06. The van der Waals surface area contributed by atoms with Crippen LogP contribution in [0, 0.1) is 0 Å². The number of rotatable bonds is 3. The fourth-order valence-electron chi connectivity index (χ4n) is 1.15. The Bertz CT molecular complexity index is 359. The molecule has 0 atom stereocenters. The zero-order chi connectivity index (χ0) is 10.2. The van der Waals surface area contributed by atoms with Crippen molar-refractivity contribution in [3.05, 3.63) is 20.8 Å². The van der Waals surface area contributed by atoms with E-state index in [1.165, 1.54) is 0 Å². The van der Waals surface area contributed by atoms with Gasteiger partial charge >= 0.3 is 0 Å². The van der Waals surface area contributed by atoms with Crippen LogP contribution in [0.5, 0.6) is 0 Å². The van der Waals surface area contributed by atoms with Gasteiger partial charge in [-0.25, -0.2) is 0 Å². The first-order chi connectivity index (χ1) is 6.60. The van der Waals surface area contributed by atoms with Crippen LogP contribution in [-0.4, -0.2) is 11.4 Å². The summed E-state index contributed by atoms with van der Waals surface area (Å²) in [6.45, 7) is 0.577. The molecule has 0 saturated heterocycles. The lowest BCUT2D eigenvalue weighted by Gasteiger charge is -2.08. The molecule has 1 heterocycles. The monoisotopic (exact) mass is 274 g/mol. The Morgan fingerprint density at radius 3 is 2.93 bits per heavy atom. The van der Waals surface area contributed by atoms with Crippen molar-refractivity contribution in [3.8, 4) is 0 Å². The number of hydrogen-bond donors (Lipinski definition) is 2. The second-order valence-electron chi connectivity index (χ2n) is 3.57. The smallest absolute Gasteiger partial charge is 0.240 e. The first-order valence-corrected chi connectivity index (χ1v) is 6.07. The summed E-state index contributed by atoms with van der Waals surface area (Å²) in [6, 6.07) is 2.00. The maximum Gasteiger partial charge on any atom is 0.240 e. The molecule has 0 radical (unpaired) electrons. The number of carbonyl (C=O) groups excluding carboxylic acids is 1. The summed E-state index contributed by atoms with van der Waals surface area (Å²) in [6.07, 6.45) is 1.62. The quantitative estimate of drug-likeness (QED) is 0.880. The molecule has 1 saturated carbocycles. The van der Waals surface area contributed by atoms with Crippen LogP contribution in [0.3, 0.4) is 0 Å². The summed E-state index contributed by atoms with van der Waals surface area (Å²) in [5.74, 6) is -0.0259. The molecule has 76 valence electrons. The predicted molar refractivity (Wildman–Crippen MR) is 60.0 cm³/mol. The Kier molecular flexibility index (Phi) is 2.64. The van der Waals surface area contributed by atoms with Gasteiger partial charge < -0.3 is 11.1 Å². The van der Waals surface area contributed by atoms with E-state index in [-0.39, 0.29) is 5.91 Å². The molecule has 5 heteroatoms. The van der Waals surface area contributed by atoms with E-state index in [1.54, 1.807) is 11.3 Å². The van der Waals surface area contributed by atoms with Crippen LogP contribution in [0.1, 0.15) is 17.7 Å². The minimum absolute atomic E-state index is 0.0259. The lowest BCUT2D eigenvalue weighted by atomic mass is 10.3. The Balaban J connectivity index is 1.85. The summed E-state index contributed by atoms with van der Waals surface area (Å²) in [5.41, 5.74) is 5.18. The van der Waals surface area contributed by atoms with Gasteiger partial charge in [0.15, 0.2) is 0 Å². The zero-order valence-corrected chi connectivity index (χ0v) is 9.95. The SMILES string of the molecule is NC1(C(=O)NCc2cc(Br)cs2)CC1. The number of amides is 1. The third-order valence-electron chi connectivity index (χ3n) is 2.29. The van der Waals surface area contributed by atoms with Crippen LogP contribution >= 0.6 is 27.3 Å². The Morgan fingerprint density at radius 2 is 2.43 bits per heavy atom. The highest BCUT2D eigenvalue weighted by molar-refractivity contribution is 9.10. The molecule has 0 bridgehead atoms. The number of nitrogens with two attached hydrogens (primary N) is 1. The van der Waals surface area contributed by atoms with Crippen molar-refractivity contribution in [2.24, 2.45) is 5.73 Å². The molecule has 0 unspecified atom stereocenters. The molecule has 3 nitrogen and oxygen atoms in total. The van der Waals surface area contributed by atoms with Crippen molar-refractivity contribution < 1.29 is 4.79 Å². The average Bonchev–Trinajstić information content (AvgIpc) is 2.76. The van der Waals surface area contributed by atoms with Crippen molar-refractivity contribution in [2.45, 2.75) is 24.9 Å². The van der Waals surface area contributed by atoms with E-state index in [0.717, 1.165) is 22.2 Å². The molecule has 2 rings (SSSR count). The van der Waals surface area contributed by atoms with Crippen LogP contribution in [0.2, 0.25) is 0 Å². The molecular weight excluding hydrogens is 264 g/mol. The Morgan fingerprint density at radius 1 is 1.71 bits per heavy atom. The molecule has 1 aliphatic rings. The largest absolute Gasteiger partial charge is 0.350 e. The van der Waals surface area contributed by atoms with Gasteiger partial charge in [-0.1, -0.05) is 0 Å². The van der Waals surface area contributed by atoms with Crippen LogP contribution in [0.25, 0.3) is 0 Å². The maximum atomic E-state index is 11.5. The molecule has 0 spiro atoms. The Labute approximate surface area is 94.8 Å². The summed E-state index contributed by atoms with van der Waals surface area (Å²) in [4.78, 5) is 12.6. The van der Waals surface area contributed by atoms with Gasteiger partial charge in [-0.2, -0.15) is 0 Å². The van der Waals surface area contributed by atoms with Gasteiger partial charge in [-0.15, -0.1) is 11.3 Å². The summed E-state index contributed by atoms with van der Waals surface area (Å²) >= 11 is 4.98. The molecule has 1 aromatic rings. The number of nitrogens with one attached hydrogen (secondary N) is 1. The highest BCUT2D eigenvalue weighted by Gasteiger charge is 2.45. The minimum Gasteiger partial charge on any atom is -0.350 e. The predicted octanol–water partition coefficient (Wildman–Crippen LogP) is 1.62. The van der Waals surface area contributed by atoms with Crippen LogP contribution in [0.4, 0.5) is 0 Å². The normalized spacial score (nSPS) is 17.9. The van der Waals surface area contributed by atoms with Gasteiger partial charge in [0.2, 0.25) is 5.91 Å². The minimum atomic E-state index is -0.561. The zero-order valence-electron chi connectivity index (χ0n) is 7.55. The molecule has 1 aliphatic carbocycles. The maximum absolute atomic E-state index is 11.5.